The van der Waals surface area contributed by atoms with Crippen molar-refractivity contribution in [1.29, 1.82) is 0 Å². The van der Waals surface area contributed by atoms with Crippen LogP contribution in [0.1, 0.15) is 37.6 Å². The summed E-state index contributed by atoms with van der Waals surface area (Å²) in [5, 5.41) is 5.06. The number of hydrogen-bond acceptors (Lipinski definition) is 5. The lowest BCUT2D eigenvalue weighted by Gasteiger charge is -2.20. The Morgan fingerprint density at radius 2 is 2.09 bits per heavy atom. The summed E-state index contributed by atoms with van der Waals surface area (Å²) in [5.41, 5.74) is 1.45. The lowest BCUT2D eigenvalue weighted by atomic mass is 9.89. The number of aromatic nitrogens is 2. The molecule has 2 aromatic rings. The highest BCUT2D eigenvalue weighted by Gasteiger charge is 2.23. The molecule has 0 aromatic carbocycles. The molecule has 126 valence electrons. The second-order valence-electron chi connectivity index (χ2n) is 6.33. The van der Waals surface area contributed by atoms with Gasteiger partial charge in [-0.25, -0.2) is 9.97 Å². The van der Waals surface area contributed by atoms with Crippen molar-refractivity contribution in [2.75, 3.05) is 31.5 Å². The van der Waals surface area contributed by atoms with Crippen molar-refractivity contribution >= 4 is 39.0 Å². The van der Waals surface area contributed by atoms with E-state index in [9.17, 15) is 0 Å². The predicted octanol–water partition coefficient (Wildman–Crippen LogP) is 4.22. The predicted molar refractivity (Wildman–Crippen MR) is 99.9 cm³/mol. The fourth-order valence-corrected chi connectivity index (χ4v) is 4.92. The molecule has 1 atom stereocenters. The van der Waals surface area contributed by atoms with Gasteiger partial charge in [0, 0.05) is 18.0 Å². The van der Waals surface area contributed by atoms with E-state index in [1.54, 1.807) is 11.3 Å². The van der Waals surface area contributed by atoms with Crippen molar-refractivity contribution in [3.63, 3.8) is 0 Å². The largest absolute Gasteiger partial charge is 0.368 e. The number of fused-ring (bicyclic) bond motifs is 3. The Morgan fingerprint density at radius 3 is 2.83 bits per heavy atom. The second kappa shape index (κ2) is 7.32. The number of hydrogen-bond donors (Lipinski definition) is 1. The fraction of sp³-hybridized carbons (Fsp3) is 0.647. The number of rotatable bonds is 6. The highest BCUT2D eigenvalue weighted by Crippen LogP contribution is 2.40. The molecule has 6 heteroatoms. The van der Waals surface area contributed by atoms with Crippen molar-refractivity contribution in [2.24, 2.45) is 5.92 Å². The van der Waals surface area contributed by atoms with Crippen molar-refractivity contribution in [1.82, 2.24) is 14.9 Å². The highest BCUT2D eigenvalue weighted by molar-refractivity contribution is 7.19. The molecular formula is C17H25ClN4S. The molecule has 1 aliphatic rings. The van der Waals surface area contributed by atoms with E-state index in [2.05, 4.69) is 41.0 Å². The van der Waals surface area contributed by atoms with Crippen LogP contribution in [0.15, 0.2) is 0 Å². The minimum absolute atomic E-state index is 0.342. The topological polar surface area (TPSA) is 41.0 Å². The molecule has 3 rings (SSSR count). The molecule has 0 aliphatic heterocycles. The zero-order valence-electron chi connectivity index (χ0n) is 14.2. The minimum atomic E-state index is 0.342. The zero-order chi connectivity index (χ0) is 16.4. The molecule has 23 heavy (non-hydrogen) atoms. The maximum absolute atomic E-state index is 6.15. The third-order valence-electron chi connectivity index (χ3n) is 4.74. The maximum Gasteiger partial charge on any atom is 0.225 e. The number of thiophene rings is 1. The van der Waals surface area contributed by atoms with E-state index in [0.29, 0.717) is 5.28 Å². The zero-order valence-corrected chi connectivity index (χ0v) is 15.7. The molecule has 2 heterocycles. The van der Waals surface area contributed by atoms with Gasteiger partial charge in [0.15, 0.2) is 0 Å². The molecule has 2 aromatic heterocycles. The van der Waals surface area contributed by atoms with E-state index in [-0.39, 0.29) is 0 Å². The number of anilines is 1. The van der Waals surface area contributed by atoms with Crippen LogP contribution < -0.4 is 5.32 Å². The molecule has 1 unspecified atom stereocenters. The van der Waals surface area contributed by atoms with Crippen LogP contribution in [0.2, 0.25) is 5.28 Å². The summed E-state index contributed by atoms with van der Waals surface area (Å²) in [7, 11) is 0. The monoisotopic (exact) mass is 352 g/mol. The Labute approximate surface area is 147 Å². The van der Waals surface area contributed by atoms with Crippen LogP contribution in [-0.2, 0) is 12.8 Å². The van der Waals surface area contributed by atoms with E-state index in [0.717, 1.165) is 55.6 Å². The van der Waals surface area contributed by atoms with E-state index >= 15 is 0 Å². The summed E-state index contributed by atoms with van der Waals surface area (Å²) < 4.78 is 0. The number of likely N-dealkylation sites (N-methyl/N-ethyl adjacent to an activating group) is 1. The molecule has 0 saturated heterocycles. The van der Waals surface area contributed by atoms with Crippen LogP contribution in [-0.4, -0.2) is 41.0 Å². The molecule has 0 saturated carbocycles. The number of nitrogens with zero attached hydrogens (tertiary/aromatic N) is 3. The maximum atomic E-state index is 6.15. The molecule has 0 amide bonds. The Morgan fingerprint density at radius 1 is 1.30 bits per heavy atom. The summed E-state index contributed by atoms with van der Waals surface area (Å²) in [5.74, 6) is 1.68. The minimum Gasteiger partial charge on any atom is -0.368 e. The van der Waals surface area contributed by atoms with Crippen molar-refractivity contribution in [3.8, 4) is 0 Å². The standard InChI is InChI=1S/C17H25ClN4S/c1-4-22(5-2)9-8-19-15-14-12-7-6-11(3)10-13(12)23-16(14)21-17(18)20-15/h11H,4-10H2,1-3H3,(H,19,20,21). The van der Waals surface area contributed by atoms with Gasteiger partial charge in [-0.15, -0.1) is 11.3 Å². The number of nitrogens with one attached hydrogen (secondary N) is 1. The van der Waals surface area contributed by atoms with Crippen LogP contribution in [0.4, 0.5) is 5.82 Å². The van der Waals surface area contributed by atoms with Crippen molar-refractivity contribution < 1.29 is 0 Å². The number of halogens is 1. The third kappa shape index (κ3) is 3.62. The van der Waals surface area contributed by atoms with Crippen LogP contribution >= 0.6 is 22.9 Å². The van der Waals surface area contributed by atoms with Crippen molar-refractivity contribution in [3.05, 3.63) is 15.7 Å². The summed E-state index contributed by atoms with van der Waals surface area (Å²) in [6, 6.07) is 0. The Bertz CT molecular complexity index is 681. The lowest BCUT2D eigenvalue weighted by Crippen LogP contribution is -2.28. The van der Waals surface area contributed by atoms with Gasteiger partial charge in [0.1, 0.15) is 10.6 Å². The molecule has 0 fully saturated rings. The van der Waals surface area contributed by atoms with Gasteiger partial charge in [0.05, 0.1) is 5.39 Å². The first-order valence-corrected chi connectivity index (χ1v) is 9.75. The second-order valence-corrected chi connectivity index (χ2v) is 7.75. The summed E-state index contributed by atoms with van der Waals surface area (Å²) >= 11 is 7.94. The van der Waals surface area contributed by atoms with Crippen LogP contribution in [0.25, 0.3) is 10.2 Å². The lowest BCUT2D eigenvalue weighted by molar-refractivity contribution is 0.316. The van der Waals surface area contributed by atoms with Gasteiger partial charge < -0.3 is 10.2 Å². The Kier molecular flexibility index (Phi) is 5.39. The average Bonchev–Trinajstić information content (AvgIpc) is 2.88. The van der Waals surface area contributed by atoms with Gasteiger partial charge >= 0.3 is 0 Å². The van der Waals surface area contributed by atoms with E-state index in [1.165, 1.54) is 22.2 Å². The fourth-order valence-electron chi connectivity index (χ4n) is 3.32. The molecule has 1 N–H and O–H groups in total. The third-order valence-corrected chi connectivity index (χ3v) is 6.06. The Hall–Kier alpha value is -0.910. The summed E-state index contributed by atoms with van der Waals surface area (Å²) in [6.45, 7) is 10.8. The normalized spacial score (nSPS) is 17.7. The van der Waals surface area contributed by atoms with Gasteiger partial charge in [-0.3, -0.25) is 0 Å². The van der Waals surface area contributed by atoms with Gasteiger partial charge in [-0.2, -0.15) is 0 Å². The van der Waals surface area contributed by atoms with Gasteiger partial charge in [0.2, 0.25) is 5.28 Å². The Balaban J connectivity index is 1.87. The smallest absolute Gasteiger partial charge is 0.225 e. The summed E-state index contributed by atoms with van der Waals surface area (Å²) in [4.78, 5) is 13.9. The molecule has 1 aliphatic carbocycles. The van der Waals surface area contributed by atoms with Gasteiger partial charge in [-0.05, 0) is 55.4 Å². The van der Waals surface area contributed by atoms with Crippen molar-refractivity contribution in [2.45, 2.75) is 40.0 Å². The molecule has 0 spiro atoms. The molecule has 4 nitrogen and oxygen atoms in total. The van der Waals surface area contributed by atoms with Crippen LogP contribution in [0, 0.1) is 5.92 Å². The van der Waals surface area contributed by atoms with Gasteiger partial charge in [-0.1, -0.05) is 20.8 Å². The first-order valence-electron chi connectivity index (χ1n) is 8.56. The van der Waals surface area contributed by atoms with E-state index in [1.807, 2.05) is 0 Å². The SMILES string of the molecule is CCN(CC)CCNc1nc(Cl)nc2sc3c(c12)CCC(C)C3. The van der Waals surface area contributed by atoms with E-state index < -0.39 is 0 Å². The molecule has 0 radical (unpaired) electrons. The first-order chi connectivity index (χ1) is 11.1. The molecular weight excluding hydrogens is 328 g/mol. The highest BCUT2D eigenvalue weighted by atomic mass is 35.5. The average molecular weight is 353 g/mol. The summed E-state index contributed by atoms with van der Waals surface area (Å²) in [6.07, 6.45) is 3.54. The molecule has 0 bridgehead atoms. The quantitative estimate of drug-likeness (QED) is 0.790. The van der Waals surface area contributed by atoms with Gasteiger partial charge in [0.25, 0.3) is 0 Å². The van der Waals surface area contributed by atoms with Crippen LogP contribution in [0.3, 0.4) is 0 Å². The first kappa shape index (κ1) is 16.9. The van der Waals surface area contributed by atoms with Crippen LogP contribution in [0.5, 0.6) is 0 Å². The number of aryl methyl sites for hydroxylation is 1. The van der Waals surface area contributed by atoms with E-state index in [4.69, 9.17) is 11.6 Å².